The Morgan fingerprint density at radius 3 is 1.49 bits per heavy atom. The molecule has 0 aliphatic carbocycles. The van der Waals surface area contributed by atoms with Crippen LogP contribution in [0.4, 0.5) is 0 Å². The standard InChI is InChI=1S/C64H104N18O18S/c1-7-35(4)50(80-58(95)47-20-13-28-81(47)60(97)38(65)21-23-48(84)85)59(96)78-43(31-34(2)3)55(92)75-41(25-30-101-6)54(91)73-39(17-11-26-70-63(66)67)52(89)72-36(5)51(88)79-45(33-83)61(98)82-29-14-19-46(82)57(94)77-44(32-37-15-9-8-10-16-37)56(93)74-40(18-12-27-71-64(68)69)53(90)76-42(62(99)100)22-24-49(86)87/h8-10,15-16,34-36,38-47,50,83H,7,11-14,17-33,65H2,1-6H3,(H,72,89)(H,73,91)(H,74,93)(H,75,92)(H,76,90)(H,77,94)(H,78,96)(H,79,88)(H,80,95)(H,84,85)(H,86,87)(H,99,100)(H4,66,67,70)(H4,68,69,71)/t35-,36-,38-,39-,40-,41-,42-,43-,44-,45-,46-,47-,50-/m0/s1. The number of guanidine groups is 2. The van der Waals surface area contributed by atoms with Gasteiger partial charge in [-0.25, -0.2) is 4.79 Å². The molecule has 101 heavy (non-hydrogen) atoms. The smallest absolute Gasteiger partial charge is 0.326 e. The summed E-state index contributed by atoms with van der Waals surface area (Å²) in [5.41, 5.74) is 28.6. The predicted molar refractivity (Wildman–Crippen MR) is 371 cm³/mol. The Kier molecular flexibility index (Phi) is 37.4. The van der Waals surface area contributed by atoms with Crippen LogP contribution in [-0.4, -0.2) is 242 Å². The largest absolute Gasteiger partial charge is 0.481 e. The van der Waals surface area contributed by atoms with Gasteiger partial charge in [0, 0.05) is 45.4 Å². The van der Waals surface area contributed by atoms with Crippen LogP contribution in [0, 0.1) is 11.8 Å². The van der Waals surface area contributed by atoms with Crippen LogP contribution in [-0.2, 0) is 73.5 Å². The number of nitrogens with two attached hydrogens (primary N) is 5. The Labute approximate surface area is 590 Å². The number of aliphatic hydroxyl groups is 1. The average Bonchev–Trinajstić information content (AvgIpc) is 1.79. The molecule has 0 bridgehead atoms. The zero-order valence-corrected chi connectivity index (χ0v) is 58.9. The maximum Gasteiger partial charge on any atom is 0.326 e. The van der Waals surface area contributed by atoms with E-state index in [1.165, 1.54) is 23.6 Å². The fraction of sp³-hybridized carbons (Fsp3) is 0.656. The van der Waals surface area contributed by atoms with Crippen molar-refractivity contribution in [1.29, 1.82) is 0 Å². The minimum absolute atomic E-state index is 0.00679. The number of thioether (sulfide) groups is 1. The van der Waals surface area contributed by atoms with E-state index in [4.69, 9.17) is 33.8 Å². The van der Waals surface area contributed by atoms with Gasteiger partial charge >= 0.3 is 17.9 Å². The van der Waals surface area contributed by atoms with Crippen molar-refractivity contribution in [2.24, 2.45) is 50.5 Å². The second-order valence-corrected chi connectivity index (χ2v) is 26.4. The average molecular weight is 1450 g/mol. The highest BCUT2D eigenvalue weighted by Crippen LogP contribution is 2.23. The normalized spacial score (nSPS) is 17.4. The second-order valence-electron chi connectivity index (χ2n) is 25.4. The molecule has 3 rings (SSSR count). The summed E-state index contributed by atoms with van der Waals surface area (Å²) in [6.07, 6.45) is 1.36. The number of carboxylic acids is 3. The van der Waals surface area contributed by atoms with Gasteiger partial charge in [-0.05, 0) is 113 Å². The number of amides is 11. The highest BCUT2D eigenvalue weighted by atomic mass is 32.2. The van der Waals surface area contributed by atoms with Crippen LogP contribution >= 0.6 is 11.8 Å². The maximum absolute atomic E-state index is 14.4. The van der Waals surface area contributed by atoms with Crippen molar-refractivity contribution in [3.05, 3.63) is 35.9 Å². The van der Waals surface area contributed by atoms with E-state index < -0.39 is 181 Å². The topological polar surface area (TPSA) is 589 Å². The highest BCUT2D eigenvalue weighted by molar-refractivity contribution is 7.98. The van der Waals surface area contributed by atoms with Crippen molar-refractivity contribution in [2.45, 2.75) is 210 Å². The lowest BCUT2D eigenvalue weighted by Crippen LogP contribution is -2.61. The molecule has 13 atom stereocenters. The van der Waals surface area contributed by atoms with Crippen LogP contribution in [0.25, 0.3) is 0 Å². The van der Waals surface area contributed by atoms with Crippen LogP contribution in [0.5, 0.6) is 0 Å². The van der Waals surface area contributed by atoms with Crippen LogP contribution in [0.1, 0.15) is 136 Å². The first kappa shape index (κ1) is 85.8. The van der Waals surface area contributed by atoms with Gasteiger partial charge in [-0.2, -0.15) is 11.8 Å². The van der Waals surface area contributed by atoms with Crippen molar-refractivity contribution in [3.63, 3.8) is 0 Å². The van der Waals surface area contributed by atoms with E-state index in [9.17, 15) is 82.4 Å². The van der Waals surface area contributed by atoms with Gasteiger partial charge in [0.2, 0.25) is 65.0 Å². The lowest BCUT2D eigenvalue weighted by atomic mass is 9.96. The number of aliphatic imine (C=N–C) groups is 2. The molecule has 2 heterocycles. The van der Waals surface area contributed by atoms with E-state index in [2.05, 4.69) is 57.8 Å². The Morgan fingerprint density at radius 1 is 0.545 bits per heavy atom. The van der Waals surface area contributed by atoms with Crippen LogP contribution in [0.3, 0.4) is 0 Å². The summed E-state index contributed by atoms with van der Waals surface area (Å²) in [6, 6.07) is -8.06. The number of likely N-dealkylation sites (tertiary alicyclic amines) is 2. The van der Waals surface area contributed by atoms with Gasteiger partial charge in [-0.3, -0.25) is 72.3 Å². The molecule has 2 aliphatic rings. The summed E-state index contributed by atoms with van der Waals surface area (Å²) in [6.45, 7) is 7.48. The van der Waals surface area contributed by atoms with Crippen LogP contribution in [0.2, 0.25) is 0 Å². The summed E-state index contributed by atoms with van der Waals surface area (Å²) in [7, 11) is 0. The SMILES string of the molecule is CC[C@H](C)[C@H](NC(=O)[C@@H]1CCCN1C(=O)[C@@H](N)CCC(=O)O)C(=O)N[C@@H](CC(C)C)C(=O)N[C@@H](CCSC)C(=O)N[C@@H](CCCN=C(N)N)C(=O)N[C@@H](C)C(=O)N[C@@H](CO)C(=O)N1CCC[C@H]1C(=O)N[C@@H](Cc1ccccc1)C(=O)N[C@@H](CCCN=C(N)N)C(=O)N[C@@H](CCC(=O)O)C(=O)O. The number of benzene rings is 1. The summed E-state index contributed by atoms with van der Waals surface area (Å²) in [5, 5.41) is 62.0. The molecule has 564 valence electrons. The van der Waals surface area contributed by atoms with Gasteiger partial charge in [-0.15, -0.1) is 0 Å². The first-order valence-corrected chi connectivity index (χ1v) is 35.1. The number of aliphatic carboxylic acids is 3. The molecule has 0 spiro atoms. The molecule has 0 unspecified atom stereocenters. The summed E-state index contributed by atoms with van der Waals surface area (Å²) >= 11 is 1.34. The quantitative estimate of drug-likeness (QED) is 0.0167. The number of carbonyl (C=O) groups is 14. The van der Waals surface area contributed by atoms with Crippen molar-refractivity contribution < 1.29 is 87.5 Å². The van der Waals surface area contributed by atoms with E-state index in [0.29, 0.717) is 24.2 Å². The number of rotatable bonds is 45. The number of nitrogens with one attached hydrogen (secondary N) is 9. The molecule has 0 radical (unpaired) electrons. The molecular formula is C64H104N18O18S. The van der Waals surface area contributed by atoms with Crippen LogP contribution < -0.4 is 76.5 Å². The summed E-state index contributed by atoms with van der Waals surface area (Å²) in [4.78, 5) is 200. The van der Waals surface area contributed by atoms with Crippen molar-refractivity contribution in [1.82, 2.24) is 57.7 Å². The molecule has 1 aromatic rings. The number of aliphatic hydroxyl groups excluding tert-OH is 1. The molecule has 2 aliphatic heterocycles. The van der Waals surface area contributed by atoms with Gasteiger partial charge < -0.3 is 107 Å². The monoisotopic (exact) mass is 1440 g/mol. The van der Waals surface area contributed by atoms with Crippen LogP contribution in [0.15, 0.2) is 40.3 Å². The molecule has 37 heteroatoms. The van der Waals surface area contributed by atoms with E-state index in [-0.39, 0.29) is 121 Å². The first-order valence-electron chi connectivity index (χ1n) is 33.7. The minimum Gasteiger partial charge on any atom is -0.481 e. The minimum atomic E-state index is -1.70. The fourth-order valence-corrected chi connectivity index (χ4v) is 11.7. The molecule has 36 nitrogen and oxygen atoms in total. The van der Waals surface area contributed by atoms with E-state index in [0.717, 1.165) is 4.90 Å². The first-order chi connectivity index (χ1) is 47.7. The molecule has 11 amide bonds. The number of carboxylic acid groups (broad SMARTS) is 3. The molecule has 0 aromatic heterocycles. The lowest BCUT2D eigenvalue weighted by molar-refractivity contribution is -0.144. The maximum atomic E-state index is 14.4. The van der Waals surface area contributed by atoms with E-state index in [1.807, 2.05) is 0 Å². The number of hydrogen-bond donors (Lipinski definition) is 18. The van der Waals surface area contributed by atoms with Gasteiger partial charge in [-0.1, -0.05) is 64.4 Å². The number of hydrogen-bond acceptors (Lipinski definition) is 19. The summed E-state index contributed by atoms with van der Waals surface area (Å²) in [5.74, 6) is -14.1. The van der Waals surface area contributed by atoms with Gasteiger partial charge in [0.05, 0.1) is 12.6 Å². The van der Waals surface area contributed by atoms with Gasteiger partial charge in [0.15, 0.2) is 11.9 Å². The molecule has 1 aromatic carbocycles. The summed E-state index contributed by atoms with van der Waals surface area (Å²) < 4.78 is 0. The molecule has 2 saturated heterocycles. The zero-order valence-electron chi connectivity index (χ0n) is 58.1. The Balaban J connectivity index is 1.84. The number of nitrogens with zero attached hydrogens (tertiary/aromatic N) is 4. The van der Waals surface area contributed by atoms with Crippen molar-refractivity contribution in [3.8, 4) is 0 Å². The number of carbonyl (C=O) groups excluding carboxylic acids is 11. The zero-order chi connectivity index (χ0) is 75.6. The second kappa shape index (κ2) is 44.0. The lowest BCUT2D eigenvalue weighted by Gasteiger charge is -2.31. The molecule has 23 N–H and O–H groups in total. The molecule has 2 fully saturated rings. The highest BCUT2D eigenvalue weighted by Gasteiger charge is 2.42. The molecule has 0 saturated carbocycles. The third kappa shape index (κ3) is 29.8. The fourth-order valence-electron chi connectivity index (χ4n) is 11.2. The van der Waals surface area contributed by atoms with E-state index >= 15 is 0 Å². The van der Waals surface area contributed by atoms with Crippen molar-refractivity contribution in [2.75, 3.05) is 44.8 Å². The third-order valence-electron chi connectivity index (χ3n) is 16.9. The van der Waals surface area contributed by atoms with Crippen molar-refractivity contribution >= 4 is 107 Å². The Morgan fingerprint density at radius 2 is 1.00 bits per heavy atom. The van der Waals surface area contributed by atoms with Gasteiger partial charge in [0.25, 0.3) is 0 Å². The van der Waals surface area contributed by atoms with Gasteiger partial charge in [0.1, 0.15) is 66.5 Å². The molecular weight excluding hydrogens is 1340 g/mol. The Hall–Kier alpha value is -9.39. The third-order valence-corrected chi connectivity index (χ3v) is 17.6. The Bertz CT molecular complexity index is 3070. The van der Waals surface area contributed by atoms with E-state index in [1.54, 1.807) is 64.3 Å². The predicted octanol–water partition coefficient (Wildman–Crippen LogP) is -4.32.